The molecule has 0 saturated heterocycles. The number of carbonyl (C=O) groups is 1. The number of rotatable bonds is 4. The van der Waals surface area contributed by atoms with E-state index in [0.29, 0.717) is 0 Å². The van der Waals surface area contributed by atoms with Gasteiger partial charge in [-0.2, -0.15) is 4.57 Å². The average Bonchev–Trinajstić information content (AvgIpc) is 2.38. The molecule has 1 heterocycles. The fraction of sp³-hybridized carbons (Fsp3) is 0.0667. The average molecular weight is 239 g/mol. The van der Waals surface area contributed by atoms with Crippen molar-refractivity contribution >= 4 is 18.1 Å². The van der Waals surface area contributed by atoms with Crippen LogP contribution in [-0.2, 0) is 11.3 Å². The summed E-state index contributed by atoms with van der Waals surface area (Å²) in [5.41, 5.74) is 1.90. The summed E-state index contributed by atoms with van der Waals surface area (Å²) in [6, 6.07) is 15.4. The molecule has 0 spiro atoms. The maximum atomic E-state index is 10.6. The molecular weight excluding hydrogens is 226 g/mol. The number of benzene rings is 1. The Balaban J connectivity index is 2.23. The second-order valence-electron chi connectivity index (χ2n) is 3.87. The zero-order chi connectivity index (χ0) is 12.8. The number of carbonyl (C=O) groups excluding carboxylic acids is 1. The number of carboxylic acids is 1. The van der Waals surface area contributed by atoms with E-state index in [4.69, 9.17) is 0 Å². The van der Waals surface area contributed by atoms with Crippen molar-refractivity contribution < 1.29 is 14.5 Å². The Bertz CT molecular complexity index is 562. The molecule has 3 nitrogen and oxygen atoms in total. The molecule has 0 aliphatic heterocycles. The fourth-order valence-corrected chi connectivity index (χ4v) is 1.67. The standard InChI is InChI=1S/C15H13NO2/c17-15(18)12-16-11-5-4-8-14(16)10-9-13-6-2-1-3-7-13/h1-11H,12H2/b10-9+. The Kier molecular flexibility index (Phi) is 3.86. The Hall–Kier alpha value is -2.42. The molecular formula is C15H13NO2. The first-order valence-electron chi connectivity index (χ1n) is 5.67. The molecule has 0 N–H and O–H groups in total. The van der Waals surface area contributed by atoms with Gasteiger partial charge in [-0.3, -0.25) is 0 Å². The number of aliphatic carboxylic acids is 1. The third-order valence-corrected chi connectivity index (χ3v) is 2.52. The van der Waals surface area contributed by atoms with Crippen LogP contribution in [0.1, 0.15) is 11.3 Å². The smallest absolute Gasteiger partial charge is 0.205 e. The van der Waals surface area contributed by atoms with Crippen LogP contribution in [0.25, 0.3) is 12.2 Å². The SMILES string of the molecule is O=C([O-])C[n+]1ccccc1/C=C/c1ccccc1. The summed E-state index contributed by atoms with van der Waals surface area (Å²) < 4.78 is 1.63. The van der Waals surface area contributed by atoms with Gasteiger partial charge in [0, 0.05) is 18.2 Å². The van der Waals surface area contributed by atoms with Crippen molar-refractivity contribution in [2.24, 2.45) is 0 Å². The minimum Gasteiger partial charge on any atom is -0.544 e. The molecule has 1 aromatic carbocycles. The van der Waals surface area contributed by atoms with Crippen molar-refractivity contribution in [3.05, 3.63) is 66.0 Å². The van der Waals surface area contributed by atoms with E-state index in [9.17, 15) is 9.90 Å². The normalized spacial score (nSPS) is 10.7. The minimum atomic E-state index is -1.10. The summed E-state index contributed by atoms with van der Waals surface area (Å²) >= 11 is 0. The van der Waals surface area contributed by atoms with Crippen molar-refractivity contribution in [3.63, 3.8) is 0 Å². The molecule has 18 heavy (non-hydrogen) atoms. The number of nitrogens with zero attached hydrogens (tertiary/aromatic N) is 1. The number of hydrogen-bond donors (Lipinski definition) is 0. The number of aromatic nitrogens is 1. The molecule has 0 unspecified atom stereocenters. The van der Waals surface area contributed by atoms with Gasteiger partial charge in [0.15, 0.2) is 12.7 Å². The molecule has 90 valence electrons. The van der Waals surface area contributed by atoms with Crippen molar-refractivity contribution in [2.45, 2.75) is 6.54 Å². The number of pyridine rings is 1. The van der Waals surface area contributed by atoms with Crippen LogP contribution >= 0.6 is 0 Å². The molecule has 0 bridgehead atoms. The molecule has 2 rings (SSSR count). The first-order valence-corrected chi connectivity index (χ1v) is 5.67. The van der Waals surface area contributed by atoms with E-state index in [1.165, 1.54) is 0 Å². The lowest BCUT2D eigenvalue weighted by Gasteiger charge is -2.00. The third kappa shape index (κ3) is 3.28. The first-order chi connectivity index (χ1) is 8.75. The third-order valence-electron chi connectivity index (χ3n) is 2.52. The number of hydrogen-bond acceptors (Lipinski definition) is 2. The fourth-order valence-electron chi connectivity index (χ4n) is 1.67. The van der Waals surface area contributed by atoms with E-state index in [-0.39, 0.29) is 6.54 Å². The highest BCUT2D eigenvalue weighted by Crippen LogP contribution is 2.04. The first kappa shape index (κ1) is 12.0. The zero-order valence-electron chi connectivity index (χ0n) is 9.82. The molecule has 0 aliphatic rings. The maximum absolute atomic E-state index is 10.6. The maximum Gasteiger partial charge on any atom is 0.205 e. The van der Waals surface area contributed by atoms with Crippen LogP contribution in [0.15, 0.2) is 54.7 Å². The highest BCUT2D eigenvalue weighted by Gasteiger charge is 2.05. The summed E-state index contributed by atoms with van der Waals surface area (Å²) in [6.45, 7) is -0.144. The van der Waals surface area contributed by atoms with Gasteiger partial charge in [-0.15, -0.1) is 0 Å². The zero-order valence-corrected chi connectivity index (χ0v) is 9.82. The lowest BCUT2D eigenvalue weighted by Crippen LogP contribution is -2.45. The predicted molar refractivity (Wildman–Crippen MR) is 67.0 cm³/mol. The minimum absolute atomic E-state index is 0.144. The van der Waals surface area contributed by atoms with Gasteiger partial charge >= 0.3 is 0 Å². The van der Waals surface area contributed by atoms with Crippen LogP contribution in [0.4, 0.5) is 0 Å². The van der Waals surface area contributed by atoms with Crippen LogP contribution in [0.2, 0.25) is 0 Å². The van der Waals surface area contributed by atoms with Crippen LogP contribution < -0.4 is 9.67 Å². The summed E-state index contributed by atoms with van der Waals surface area (Å²) in [5.74, 6) is -1.10. The Labute approximate surface area is 106 Å². The van der Waals surface area contributed by atoms with Crippen LogP contribution in [0.3, 0.4) is 0 Å². The summed E-state index contributed by atoms with van der Waals surface area (Å²) in [6.07, 6.45) is 5.56. The second-order valence-corrected chi connectivity index (χ2v) is 3.87. The Morgan fingerprint density at radius 2 is 1.78 bits per heavy atom. The van der Waals surface area contributed by atoms with Gasteiger partial charge in [-0.25, -0.2) is 0 Å². The van der Waals surface area contributed by atoms with Gasteiger partial charge in [0.1, 0.15) is 5.97 Å². The highest BCUT2D eigenvalue weighted by atomic mass is 16.4. The van der Waals surface area contributed by atoms with Crippen molar-refractivity contribution in [2.75, 3.05) is 0 Å². The summed E-state index contributed by atoms with van der Waals surface area (Å²) in [5, 5.41) is 10.6. The summed E-state index contributed by atoms with van der Waals surface area (Å²) in [4.78, 5) is 10.6. The molecule has 0 amide bonds. The Morgan fingerprint density at radius 1 is 1.06 bits per heavy atom. The van der Waals surface area contributed by atoms with E-state index in [1.807, 2.05) is 54.6 Å². The molecule has 0 aliphatic carbocycles. The molecule has 0 radical (unpaired) electrons. The van der Waals surface area contributed by atoms with Gasteiger partial charge in [-0.1, -0.05) is 30.3 Å². The second kappa shape index (κ2) is 5.77. The monoisotopic (exact) mass is 239 g/mol. The lowest BCUT2D eigenvalue weighted by atomic mass is 10.2. The van der Waals surface area contributed by atoms with Crippen LogP contribution in [0, 0.1) is 0 Å². The van der Waals surface area contributed by atoms with Gasteiger partial charge in [0.25, 0.3) is 0 Å². The molecule has 0 saturated carbocycles. The van der Waals surface area contributed by atoms with Crippen LogP contribution in [0.5, 0.6) is 0 Å². The van der Waals surface area contributed by atoms with E-state index in [2.05, 4.69) is 0 Å². The van der Waals surface area contributed by atoms with Crippen molar-refractivity contribution in [1.82, 2.24) is 0 Å². The quantitative estimate of drug-likeness (QED) is 0.744. The molecule has 3 heteroatoms. The van der Waals surface area contributed by atoms with Crippen LogP contribution in [-0.4, -0.2) is 5.97 Å². The van der Waals surface area contributed by atoms with Gasteiger partial charge < -0.3 is 9.90 Å². The topological polar surface area (TPSA) is 44.0 Å². The molecule has 2 aromatic rings. The number of carboxylic acid groups (broad SMARTS) is 1. The van der Waals surface area contributed by atoms with Crippen molar-refractivity contribution in [1.29, 1.82) is 0 Å². The lowest BCUT2D eigenvalue weighted by molar-refractivity contribution is -0.692. The molecule has 0 atom stereocenters. The summed E-state index contributed by atoms with van der Waals surface area (Å²) in [7, 11) is 0. The Morgan fingerprint density at radius 3 is 2.50 bits per heavy atom. The highest BCUT2D eigenvalue weighted by molar-refractivity contribution is 5.67. The van der Waals surface area contributed by atoms with E-state index in [1.54, 1.807) is 16.8 Å². The van der Waals surface area contributed by atoms with Gasteiger partial charge in [0.05, 0.1) is 0 Å². The molecule has 1 aromatic heterocycles. The predicted octanol–water partition coefficient (Wildman–Crippen LogP) is 0.894. The van der Waals surface area contributed by atoms with Gasteiger partial charge in [-0.05, 0) is 17.7 Å². The van der Waals surface area contributed by atoms with E-state index >= 15 is 0 Å². The largest absolute Gasteiger partial charge is 0.544 e. The van der Waals surface area contributed by atoms with Gasteiger partial charge in [0.2, 0.25) is 5.69 Å². The van der Waals surface area contributed by atoms with Crippen molar-refractivity contribution in [3.8, 4) is 0 Å². The van der Waals surface area contributed by atoms with E-state index < -0.39 is 5.97 Å². The van der Waals surface area contributed by atoms with E-state index in [0.717, 1.165) is 11.3 Å². The molecule has 0 fully saturated rings.